The first-order valence-corrected chi connectivity index (χ1v) is 12.3. The molecule has 9 heteroatoms. The maximum Gasteiger partial charge on any atom is 0.223 e. The van der Waals surface area contributed by atoms with E-state index in [0.717, 1.165) is 24.2 Å². The molecule has 0 spiro atoms. The molecule has 0 N–H and O–H groups in total. The fourth-order valence-corrected chi connectivity index (χ4v) is 4.75. The Morgan fingerprint density at radius 3 is 2.38 bits per heavy atom. The van der Waals surface area contributed by atoms with Crippen LogP contribution in [-0.4, -0.2) is 77.4 Å². The third-order valence-electron chi connectivity index (χ3n) is 6.81. The highest BCUT2D eigenvalue weighted by molar-refractivity contribution is 6.30. The highest BCUT2D eigenvalue weighted by atomic mass is 35.5. The molecule has 1 aromatic heterocycles. The van der Waals surface area contributed by atoms with Crippen LogP contribution in [0.1, 0.15) is 31.2 Å². The van der Waals surface area contributed by atoms with Gasteiger partial charge in [-0.2, -0.15) is 5.10 Å². The van der Waals surface area contributed by atoms with Crippen molar-refractivity contribution in [1.82, 2.24) is 19.6 Å². The van der Waals surface area contributed by atoms with Gasteiger partial charge in [0.2, 0.25) is 11.8 Å². The Morgan fingerprint density at radius 2 is 1.74 bits per heavy atom. The number of benzene rings is 1. The molecule has 0 atom stereocenters. The molecule has 2 saturated heterocycles. The van der Waals surface area contributed by atoms with Crippen LogP contribution in [0, 0.1) is 5.41 Å². The number of piperidine rings is 1. The highest BCUT2D eigenvalue weighted by Gasteiger charge is 2.39. The minimum absolute atomic E-state index is 0.138. The van der Waals surface area contributed by atoms with Crippen LogP contribution in [-0.2, 0) is 27.8 Å². The smallest absolute Gasteiger partial charge is 0.223 e. The van der Waals surface area contributed by atoms with E-state index >= 15 is 0 Å². The van der Waals surface area contributed by atoms with Crippen molar-refractivity contribution < 1.29 is 19.1 Å². The number of ether oxygens (including phenoxy) is 2. The first-order valence-electron chi connectivity index (χ1n) is 11.9. The van der Waals surface area contributed by atoms with Gasteiger partial charge in [-0.1, -0.05) is 11.6 Å². The van der Waals surface area contributed by atoms with Gasteiger partial charge in [0.1, 0.15) is 5.75 Å². The minimum atomic E-state index is -0.310. The molecular weight excluding hydrogens is 456 g/mol. The van der Waals surface area contributed by atoms with Crippen molar-refractivity contribution in [3.63, 3.8) is 0 Å². The minimum Gasteiger partial charge on any atom is -0.493 e. The summed E-state index contributed by atoms with van der Waals surface area (Å²) in [5, 5.41) is 4.82. The van der Waals surface area contributed by atoms with E-state index in [-0.39, 0.29) is 17.2 Å². The first kappa shape index (κ1) is 24.5. The molecule has 0 bridgehead atoms. The molecule has 0 saturated carbocycles. The number of carbonyl (C=O) groups is 2. The van der Waals surface area contributed by atoms with E-state index < -0.39 is 0 Å². The molecule has 2 amide bonds. The summed E-state index contributed by atoms with van der Waals surface area (Å²) in [6, 6.07) is 7.28. The highest BCUT2D eigenvalue weighted by Crippen LogP contribution is 2.37. The number of carbonyl (C=O) groups excluding carboxylic acids is 2. The van der Waals surface area contributed by atoms with Gasteiger partial charge in [0, 0.05) is 62.7 Å². The van der Waals surface area contributed by atoms with Gasteiger partial charge in [0.15, 0.2) is 0 Å². The third kappa shape index (κ3) is 6.51. The second-order valence-electron chi connectivity index (χ2n) is 9.32. The predicted octanol–water partition coefficient (Wildman–Crippen LogP) is 2.94. The van der Waals surface area contributed by atoms with Gasteiger partial charge in [-0.05, 0) is 49.1 Å². The summed E-state index contributed by atoms with van der Waals surface area (Å²) >= 11 is 6.00. The van der Waals surface area contributed by atoms with Crippen LogP contribution in [0.25, 0.3) is 0 Å². The van der Waals surface area contributed by atoms with Crippen molar-refractivity contribution >= 4 is 23.4 Å². The van der Waals surface area contributed by atoms with Crippen molar-refractivity contribution in [3.05, 3.63) is 47.2 Å². The number of nitrogens with zero attached hydrogens (tertiary/aromatic N) is 4. The molecule has 2 aliphatic heterocycles. The zero-order valence-electron chi connectivity index (χ0n) is 19.7. The number of morpholine rings is 1. The molecule has 2 aromatic rings. The van der Waals surface area contributed by atoms with Crippen molar-refractivity contribution in [1.29, 1.82) is 0 Å². The van der Waals surface area contributed by atoms with E-state index in [4.69, 9.17) is 21.1 Å². The Balaban J connectivity index is 1.37. The molecule has 0 aliphatic carbocycles. The van der Waals surface area contributed by atoms with Gasteiger partial charge >= 0.3 is 0 Å². The Labute approximate surface area is 205 Å². The van der Waals surface area contributed by atoms with Gasteiger partial charge in [0.05, 0.1) is 26.0 Å². The normalized spacial score (nSPS) is 18.1. The number of likely N-dealkylation sites (tertiary alicyclic amines) is 1. The third-order valence-corrected chi connectivity index (χ3v) is 7.06. The number of hydrogen-bond donors (Lipinski definition) is 0. The molecule has 34 heavy (non-hydrogen) atoms. The average molecular weight is 489 g/mol. The summed E-state index contributed by atoms with van der Waals surface area (Å²) in [6.07, 6.45) is 6.78. The second-order valence-corrected chi connectivity index (χ2v) is 9.75. The molecule has 0 unspecified atom stereocenters. The lowest BCUT2D eigenvalue weighted by Crippen LogP contribution is -2.49. The molecule has 2 aliphatic rings. The van der Waals surface area contributed by atoms with E-state index in [1.165, 1.54) is 0 Å². The van der Waals surface area contributed by atoms with Gasteiger partial charge in [-0.3, -0.25) is 14.3 Å². The number of aryl methyl sites for hydroxylation is 2. The zero-order chi connectivity index (χ0) is 24.0. The van der Waals surface area contributed by atoms with Crippen molar-refractivity contribution in [2.75, 3.05) is 46.0 Å². The average Bonchev–Trinajstić information content (AvgIpc) is 3.28. The van der Waals surface area contributed by atoms with E-state index in [0.29, 0.717) is 70.3 Å². The lowest BCUT2D eigenvalue weighted by Gasteiger charge is -2.42. The summed E-state index contributed by atoms with van der Waals surface area (Å²) in [5.74, 6) is 1.02. The summed E-state index contributed by atoms with van der Waals surface area (Å²) in [6.45, 7) is 4.12. The fraction of sp³-hybridized carbons (Fsp3) is 0.560. The van der Waals surface area contributed by atoms with Crippen molar-refractivity contribution in [2.24, 2.45) is 12.5 Å². The predicted molar refractivity (Wildman–Crippen MR) is 129 cm³/mol. The molecule has 184 valence electrons. The quantitative estimate of drug-likeness (QED) is 0.571. The van der Waals surface area contributed by atoms with Gasteiger partial charge in [-0.15, -0.1) is 0 Å². The molecule has 1 aromatic carbocycles. The van der Waals surface area contributed by atoms with Crippen molar-refractivity contribution in [3.8, 4) is 5.75 Å². The van der Waals surface area contributed by atoms with Crippen molar-refractivity contribution in [2.45, 2.75) is 32.1 Å². The van der Waals surface area contributed by atoms with E-state index in [9.17, 15) is 9.59 Å². The Morgan fingerprint density at radius 1 is 1.06 bits per heavy atom. The molecule has 4 rings (SSSR count). The van der Waals surface area contributed by atoms with Gasteiger partial charge in [-0.25, -0.2) is 0 Å². The van der Waals surface area contributed by atoms with Gasteiger partial charge in [0.25, 0.3) is 0 Å². The molecular formula is C25H33ClN4O4. The first-order chi connectivity index (χ1) is 16.4. The topological polar surface area (TPSA) is 76.9 Å². The van der Waals surface area contributed by atoms with E-state index in [1.807, 2.05) is 35.2 Å². The van der Waals surface area contributed by atoms with Crippen LogP contribution in [0.3, 0.4) is 0 Å². The summed E-state index contributed by atoms with van der Waals surface area (Å²) in [5.41, 5.74) is 0.754. The second kappa shape index (κ2) is 11.2. The zero-order valence-corrected chi connectivity index (χ0v) is 20.5. The molecule has 0 radical (unpaired) electrons. The van der Waals surface area contributed by atoms with Gasteiger partial charge < -0.3 is 19.3 Å². The Kier molecular flexibility index (Phi) is 8.11. The fourth-order valence-electron chi connectivity index (χ4n) is 4.63. The van der Waals surface area contributed by atoms with Crippen LogP contribution in [0.5, 0.6) is 5.75 Å². The van der Waals surface area contributed by atoms with Crippen LogP contribution in [0.2, 0.25) is 5.02 Å². The van der Waals surface area contributed by atoms with Crippen LogP contribution in [0.4, 0.5) is 0 Å². The largest absolute Gasteiger partial charge is 0.493 e. The summed E-state index contributed by atoms with van der Waals surface area (Å²) in [7, 11) is 1.87. The number of hydrogen-bond acceptors (Lipinski definition) is 5. The lowest BCUT2D eigenvalue weighted by atomic mass is 9.75. The Bertz CT molecular complexity index is 964. The maximum absolute atomic E-state index is 13.1. The maximum atomic E-state index is 13.1. The van der Waals surface area contributed by atoms with Crippen LogP contribution < -0.4 is 4.74 Å². The number of halogens is 1. The standard InChI is InChI=1S/C25H33ClN4O4/c1-28-18-20(17-27-28)2-7-23(31)29-10-8-25(9-11-29,16-24(32)30-12-14-33-15-13-30)19-34-22-5-3-21(26)4-6-22/h3-6,17-18H,2,7-16,19H2,1H3. The molecule has 2 fully saturated rings. The number of aromatic nitrogens is 2. The molecule has 3 heterocycles. The van der Waals surface area contributed by atoms with Crippen LogP contribution in [0.15, 0.2) is 36.7 Å². The Hall–Kier alpha value is -2.58. The SMILES string of the molecule is Cn1cc(CCC(=O)N2CCC(COc3ccc(Cl)cc3)(CC(=O)N3CCOCC3)CC2)cn1. The lowest BCUT2D eigenvalue weighted by molar-refractivity contribution is -0.141. The van der Waals surface area contributed by atoms with E-state index in [2.05, 4.69) is 5.10 Å². The summed E-state index contributed by atoms with van der Waals surface area (Å²) < 4.78 is 13.3. The van der Waals surface area contributed by atoms with Crippen LogP contribution >= 0.6 is 11.6 Å². The number of rotatable bonds is 8. The number of amides is 2. The summed E-state index contributed by atoms with van der Waals surface area (Å²) in [4.78, 5) is 29.8. The van der Waals surface area contributed by atoms with E-state index in [1.54, 1.807) is 23.0 Å². The monoisotopic (exact) mass is 488 g/mol. The molecule has 8 nitrogen and oxygen atoms in total.